The van der Waals surface area contributed by atoms with Crippen molar-refractivity contribution in [3.63, 3.8) is 0 Å². The van der Waals surface area contributed by atoms with Crippen LogP contribution in [-0.2, 0) is 4.79 Å². The van der Waals surface area contributed by atoms with Gasteiger partial charge in [-0.3, -0.25) is 4.79 Å². The third-order valence-electron chi connectivity index (χ3n) is 6.41. The molecule has 1 saturated heterocycles. The maximum atomic E-state index is 13.2. The van der Waals surface area contributed by atoms with E-state index < -0.39 is 17.8 Å². The number of ether oxygens (including phenoxy) is 1. The Kier molecular flexibility index (Phi) is 6.70. The molecule has 1 aromatic carbocycles. The quantitative estimate of drug-likeness (QED) is 0.433. The average Bonchev–Trinajstić information content (AvgIpc) is 3.36. The zero-order chi connectivity index (χ0) is 25.9. The summed E-state index contributed by atoms with van der Waals surface area (Å²) >= 11 is 0. The van der Waals surface area contributed by atoms with E-state index in [9.17, 15) is 19.6 Å². The number of aliphatic hydroxyl groups is 1. The van der Waals surface area contributed by atoms with Gasteiger partial charge in [0.15, 0.2) is 6.10 Å². The maximum Gasteiger partial charge on any atom is 0.256 e. The molecule has 4 aromatic rings. The number of fused-ring (bicyclic) bond motifs is 1. The summed E-state index contributed by atoms with van der Waals surface area (Å²) < 4.78 is 20.5. The lowest BCUT2D eigenvalue weighted by Gasteiger charge is -2.36. The predicted octanol–water partition coefficient (Wildman–Crippen LogP) is 3.19. The Hall–Kier alpha value is -4.49. The van der Waals surface area contributed by atoms with Crippen LogP contribution < -0.4 is 9.64 Å². The first kappa shape index (κ1) is 24.2. The number of nitrogens with zero attached hydrogens (tertiary/aromatic N) is 6. The summed E-state index contributed by atoms with van der Waals surface area (Å²) in [6, 6.07) is 13.2. The molecule has 1 N–H and O–H groups in total. The minimum atomic E-state index is -1.32. The lowest BCUT2D eigenvalue weighted by atomic mass is 10.1. The number of amides is 1. The van der Waals surface area contributed by atoms with Crippen LogP contribution in [0.15, 0.2) is 61.1 Å². The Labute approximate surface area is 212 Å². The molecule has 188 valence electrons. The first-order valence-electron chi connectivity index (χ1n) is 12.0. The molecular formula is C27H25FN6O3. The van der Waals surface area contributed by atoms with Crippen LogP contribution in [0, 0.1) is 17.1 Å². The van der Waals surface area contributed by atoms with E-state index in [1.165, 1.54) is 30.5 Å². The van der Waals surface area contributed by atoms with Crippen molar-refractivity contribution < 1.29 is 19.0 Å². The molecule has 1 atom stereocenters. The van der Waals surface area contributed by atoms with Crippen molar-refractivity contribution in [2.75, 3.05) is 37.7 Å². The number of benzene rings is 1. The Balaban J connectivity index is 1.30. The van der Waals surface area contributed by atoms with Gasteiger partial charge in [0.25, 0.3) is 5.91 Å². The van der Waals surface area contributed by atoms with Gasteiger partial charge in [0.2, 0.25) is 0 Å². The molecule has 0 aliphatic carbocycles. The van der Waals surface area contributed by atoms with Gasteiger partial charge < -0.3 is 19.6 Å². The van der Waals surface area contributed by atoms with Crippen LogP contribution in [0.3, 0.4) is 0 Å². The number of piperazine rings is 1. The van der Waals surface area contributed by atoms with E-state index in [4.69, 9.17) is 4.74 Å². The lowest BCUT2D eigenvalue weighted by molar-refractivity contribution is -0.140. The second-order valence-electron chi connectivity index (χ2n) is 8.66. The number of hydrogen-bond acceptors (Lipinski definition) is 7. The van der Waals surface area contributed by atoms with E-state index in [2.05, 4.69) is 21.1 Å². The summed E-state index contributed by atoms with van der Waals surface area (Å²) in [5.41, 5.74) is 3.14. The third-order valence-corrected chi connectivity index (χ3v) is 6.41. The van der Waals surface area contributed by atoms with Crippen LogP contribution >= 0.6 is 0 Å². The summed E-state index contributed by atoms with van der Waals surface area (Å²) in [6.07, 6.45) is 3.71. The van der Waals surface area contributed by atoms with Crippen molar-refractivity contribution in [1.29, 1.82) is 5.26 Å². The molecule has 1 amide bonds. The first-order valence-corrected chi connectivity index (χ1v) is 12.0. The second-order valence-corrected chi connectivity index (χ2v) is 8.66. The van der Waals surface area contributed by atoms with E-state index in [1.54, 1.807) is 21.8 Å². The molecule has 0 spiro atoms. The number of pyridine rings is 2. The smallest absolute Gasteiger partial charge is 0.256 e. The Morgan fingerprint density at radius 2 is 1.92 bits per heavy atom. The monoisotopic (exact) mass is 500 g/mol. The number of halogens is 1. The van der Waals surface area contributed by atoms with Gasteiger partial charge in [-0.2, -0.15) is 10.4 Å². The molecule has 0 bridgehead atoms. The van der Waals surface area contributed by atoms with Gasteiger partial charge >= 0.3 is 0 Å². The molecule has 9 nitrogen and oxygen atoms in total. The average molecular weight is 501 g/mol. The molecule has 1 aliphatic heterocycles. The molecule has 5 rings (SSSR count). The standard InChI is InChI=1S/C27H25FN6O3/c1-2-37-22-13-23(25-20(14-29)16-31-34(25)17-22)19-5-8-24(30-15-19)32-9-11-33(12-10-32)27(36)26(35)18-3-6-21(28)7-4-18/h3-8,13,15-17,26,35H,2,9-12H2,1H3. The number of rotatable bonds is 6. The number of carbonyl (C=O) groups excluding carboxylic acids is 1. The molecule has 4 heterocycles. The number of aromatic nitrogens is 3. The van der Waals surface area contributed by atoms with Gasteiger partial charge in [-0.15, -0.1) is 0 Å². The van der Waals surface area contributed by atoms with Gasteiger partial charge in [-0.25, -0.2) is 13.9 Å². The summed E-state index contributed by atoms with van der Waals surface area (Å²) in [4.78, 5) is 21.1. The summed E-state index contributed by atoms with van der Waals surface area (Å²) in [7, 11) is 0. The minimum absolute atomic E-state index is 0.367. The van der Waals surface area contributed by atoms with Crippen LogP contribution in [0.2, 0.25) is 0 Å². The van der Waals surface area contributed by atoms with E-state index >= 15 is 0 Å². The molecule has 37 heavy (non-hydrogen) atoms. The molecule has 0 radical (unpaired) electrons. The zero-order valence-corrected chi connectivity index (χ0v) is 20.2. The van der Waals surface area contributed by atoms with E-state index in [0.29, 0.717) is 55.2 Å². The highest BCUT2D eigenvalue weighted by molar-refractivity contribution is 5.85. The SMILES string of the molecule is CCOc1cc(-c2ccc(N3CCN(C(=O)C(O)c4ccc(F)cc4)CC3)nc2)c2c(C#N)cnn2c1. The normalized spacial score (nSPS) is 14.4. The molecule has 0 saturated carbocycles. The molecule has 3 aromatic heterocycles. The van der Waals surface area contributed by atoms with Crippen molar-refractivity contribution in [2.24, 2.45) is 0 Å². The number of nitriles is 1. The Morgan fingerprint density at radius 3 is 2.57 bits per heavy atom. The number of carbonyl (C=O) groups is 1. The van der Waals surface area contributed by atoms with Crippen LogP contribution in [0.5, 0.6) is 5.75 Å². The van der Waals surface area contributed by atoms with Crippen molar-refractivity contribution >= 4 is 17.2 Å². The summed E-state index contributed by atoms with van der Waals surface area (Å²) in [6.45, 7) is 4.38. The Morgan fingerprint density at radius 1 is 1.16 bits per heavy atom. The lowest BCUT2D eigenvalue weighted by Crippen LogP contribution is -2.50. The van der Waals surface area contributed by atoms with Crippen LogP contribution in [-0.4, -0.2) is 63.3 Å². The fourth-order valence-electron chi connectivity index (χ4n) is 4.49. The third kappa shape index (κ3) is 4.81. The van der Waals surface area contributed by atoms with Gasteiger partial charge in [-0.1, -0.05) is 12.1 Å². The van der Waals surface area contributed by atoms with Gasteiger partial charge in [-0.05, 0) is 42.8 Å². The van der Waals surface area contributed by atoms with Gasteiger partial charge in [0.1, 0.15) is 23.5 Å². The highest BCUT2D eigenvalue weighted by atomic mass is 19.1. The first-order chi connectivity index (χ1) is 18.0. The van der Waals surface area contributed by atoms with E-state index in [-0.39, 0.29) is 0 Å². The van der Waals surface area contributed by atoms with Crippen molar-refractivity contribution in [3.05, 3.63) is 78.0 Å². The maximum absolute atomic E-state index is 13.2. The Bertz CT molecular complexity index is 1450. The zero-order valence-electron chi connectivity index (χ0n) is 20.2. The van der Waals surface area contributed by atoms with Crippen LogP contribution in [0.25, 0.3) is 16.6 Å². The molecular weight excluding hydrogens is 475 g/mol. The van der Waals surface area contributed by atoms with Gasteiger partial charge in [0.05, 0.1) is 30.1 Å². The van der Waals surface area contributed by atoms with Crippen LogP contribution in [0.1, 0.15) is 24.2 Å². The fourth-order valence-corrected chi connectivity index (χ4v) is 4.49. The highest BCUT2D eigenvalue weighted by Crippen LogP contribution is 2.31. The molecule has 10 heteroatoms. The van der Waals surface area contributed by atoms with E-state index in [1.807, 2.05) is 25.1 Å². The predicted molar refractivity (Wildman–Crippen MR) is 134 cm³/mol. The van der Waals surface area contributed by atoms with Crippen molar-refractivity contribution in [1.82, 2.24) is 19.5 Å². The fraction of sp³-hybridized carbons (Fsp3) is 0.259. The second kappa shape index (κ2) is 10.2. The highest BCUT2D eigenvalue weighted by Gasteiger charge is 2.27. The number of aliphatic hydroxyl groups excluding tert-OH is 1. The minimum Gasteiger partial charge on any atom is -0.492 e. The summed E-state index contributed by atoms with van der Waals surface area (Å²) in [5.74, 6) is 0.589. The number of hydrogen-bond donors (Lipinski definition) is 1. The van der Waals surface area contributed by atoms with Gasteiger partial charge in [0, 0.05) is 43.5 Å². The summed E-state index contributed by atoms with van der Waals surface area (Å²) in [5, 5.41) is 24.3. The van der Waals surface area contributed by atoms with Crippen molar-refractivity contribution in [3.8, 4) is 22.9 Å². The number of anilines is 1. The van der Waals surface area contributed by atoms with Crippen LogP contribution in [0.4, 0.5) is 10.2 Å². The largest absolute Gasteiger partial charge is 0.492 e. The van der Waals surface area contributed by atoms with Crippen molar-refractivity contribution in [2.45, 2.75) is 13.0 Å². The molecule has 1 unspecified atom stereocenters. The van der Waals surface area contributed by atoms with E-state index in [0.717, 1.165) is 16.9 Å². The molecule has 1 aliphatic rings. The molecule has 1 fully saturated rings. The topological polar surface area (TPSA) is 107 Å².